The zero-order valence-corrected chi connectivity index (χ0v) is 13.6. The Morgan fingerprint density at radius 1 is 1.00 bits per heavy atom. The Morgan fingerprint density at radius 3 is 2.25 bits per heavy atom. The Labute approximate surface area is 139 Å². The maximum Gasteiger partial charge on any atom is 1.00 e. The van der Waals surface area contributed by atoms with Crippen LogP contribution < -0.4 is 34.9 Å². The Balaban J connectivity index is 0.00000200. The molecule has 7 heteroatoms. The van der Waals surface area contributed by atoms with Gasteiger partial charge in [0.2, 0.25) is 0 Å². The van der Waals surface area contributed by atoms with E-state index < -0.39 is 10.1 Å². The molecule has 0 saturated heterocycles. The van der Waals surface area contributed by atoms with Gasteiger partial charge in [-0.25, -0.2) is 8.42 Å². The second-order valence-electron chi connectivity index (χ2n) is 3.80. The van der Waals surface area contributed by atoms with Crippen LogP contribution in [0.25, 0.3) is 0 Å². The average Bonchev–Trinajstić information content (AvgIpc) is 2.39. The molecule has 2 aromatic rings. The molecule has 0 aliphatic rings. The summed E-state index contributed by atoms with van der Waals surface area (Å²) in [6.07, 6.45) is 0. The van der Waals surface area contributed by atoms with Gasteiger partial charge < -0.3 is 9.87 Å². The summed E-state index contributed by atoms with van der Waals surface area (Å²) >= 11 is 0. The number of hydrogen-bond acceptors (Lipinski definition) is 4. The van der Waals surface area contributed by atoms with Crippen LogP contribution in [0.4, 0.5) is 5.69 Å². The van der Waals surface area contributed by atoms with E-state index in [9.17, 15) is 17.8 Å². The summed E-state index contributed by atoms with van der Waals surface area (Å²) in [4.78, 5) is 11.5. The first-order valence-electron chi connectivity index (χ1n) is 5.39. The fourth-order valence-electron chi connectivity index (χ4n) is 1.52. The van der Waals surface area contributed by atoms with Crippen LogP contribution in [0.5, 0.6) is 0 Å². The zero-order chi connectivity index (χ0) is 13.9. The van der Waals surface area contributed by atoms with Crippen LogP contribution in [-0.2, 0) is 10.1 Å². The SMILES string of the molecule is O=C(Nc1cccc(S(=O)(=O)[O-])c1)c1ccccc1.[Na+]. The molecule has 2 rings (SSSR count). The molecule has 0 saturated carbocycles. The van der Waals surface area contributed by atoms with Crippen molar-refractivity contribution < 1.29 is 47.3 Å². The van der Waals surface area contributed by atoms with Crippen LogP contribution in [-0.4, -0.2) is 18.9 Å². The van der Waals surface area contributed by atoms with Gasteiger partial charge in [0.05, 0.1) is 4.90 Å². The average molecular weight is 299 g/mol. The zero-order valence-electron chi connectivity index (χ0n) is 10.7. The minimum absolute atomic E-state index is 0. The number of amides is 1. The summed E-state index contributed by atoms with van der Waals surface area (Å²) in [5.41, 5.74) is 0.698. The minimum atomic E-state index is -4.53. The summed E-state index contributed by atoms with van der Waals surface area (Å²) in [5, 5.41) is 2.53. The normalized spacial score (nSPS) is 10.4. The van der Waals surface area contributed by atoms with Crippen LogP contribution in [0.3, 0.4) is 0 Å². The van der Waals surface area contributed by atoms with E-state index in [2.05, 4.69) is 5.32 Å². The van der Waals surface area contributed by atoms with Gasteiger partial charge in [0, 0.05) is 11.3 Å². The molecule has 1 N–H and O–H groups in total. The minimum Gasteiger partial charge on any atom is -0.744 e. The molecule has 20 heavy (non-hydrogen) atoms. The molecular formula is C13H10NNaO4S. The summed E-state index contributed by atoms with van der Waals surface area (Å²) < 4.78 is 32.6. The molecule has 0 fully saturated rings. The number of hydrogen-bond donors (Lipinski definition) is 1. The van der Waals surface area contributed by atoms with Gasteiger partial charge in [0.25, 0.3) is 5.91 Å². The molecule has 98 valence electrons. The Kier molecular flexibility index (Phi) is 5.91. The van der Waals surface area contributed by atoms with Crippen LogP contribution in [0.1, 0.15) is 10.4 Å². The Hall–Kier alpha value is -1.18. The summed E-state index contributed by atoms with van der Waals surface area (Å²) in [5.74, 6) is -0.374. The summed E-state index contributed by atoms with van der Waals surface area (Å²) in [6.45, 7) is 0. The van der Waals surface area contributed by atoms with E-state index >= 15 is 0 Å². The maximum atomic E-state index is 11.8. The van der Waals surface area contributed by atoms with E-state index in [0.717, 1.165) is 6.07 Å². The van der Waals surface area contributed by atoms with Crippen molar-refractivity contribution in [1.29, 1.82) is 0 Å². The number of anilines is 1. The smallest absolute Gasteiger partial charge is 0.744 e. The van der Waals surface area contributed by atoms with Crippen LogP contribution >= 0.6 is 0 Å². The van der Waals surface area contributed by atoms with Gasteiger partial charge in [-0.1, -0.05) is 24.3 Å². The second-order valence-corrected chi connectivity index (χ2v) is 5.18. The van der Waals surface area contributed by atoms with Crippen LogP contribution in [0.15, 0.2) is 59.5 Å². The standard InChI is InChI=1S/C13H11NO4S.Na/c15-13(10-5-2-1-3-6-10)14-11-7-4-8-12(9-11)19(16,17)18;/h1-9H,(H,14,15)(H,16,17,18);/q;+1/p-1. The van der Waals surface area contributed by atoms with Crippen molar-refractivity contribution in [3.8, 4) is 0 Å². The number of carbonyl (C=O) groups excluding carboxylic acids is 1. The third-order valence-electron chi connectivity index (χ3n) is 2.42. The van der Waals surface area contributed by atoms with E-state index in [0.29, 0.717) is 5.56 Å². The topological polar surface area (TPSA) is 86.3 Å². The maximum absolute atomic E-state index is 11.8. The fraction of sp³-hybridized carbons (Fsp3) is 0. The number of nitrogens with one attached hydrogen (secondary N) is 1. The predicted octanol–water partition coefficient (Wildman–Crippen LogP) is -1.15. The molecule has 0 aliphatic heterocycles. The second kappa shape index (κ2) is 7.01. The molecule has 0 atom stereocenters. The van der Waals surface area contributed by atoms with Gasteiger partial charge >= 0.3 is 29.6 Å². The van der Waals surface area contributed by atoms with Crippen molar-refractivity contribution in [3.63, 3.8) is 0 Å². The largest absolute Gasteiger partial charge is 1.00 e. The van der Waals surface area contributed by atoms with Gasteiger partial charge in [0.1, 0.15) is 10.1 Å². The first kappa shape index (κ1) is 16.9. The Bertz CT molecular complexity index is 701. The van der Waals surface area contributed by atoms with Crippen molar-refractivity contribution in [2.75, 3.05) is 5.32 Å². The monoisotopic (exact) mass is 299 g/mol. The molecule has 5 nitrogen and oxygen atoms in total. The molecule has 0 aliphatic carbocycles. The van der Waals surface area contributed by atoms with E-state index in [1.807, 2.05) is 0 Å². The molecule has 1 amide bonds. The first-order chi connectivity index (χ1) is 8.97. The van der Waals surface area contributed by atoms with E-state index in [1.54, 1.807) is 30.3 Å². The molecule has 2 aromatic carbocycles. The molecule has 0 bridgehead atoms. The van der Waals surface area contributed by atoms with Gasteiger partial charge in [-0.15, -0.1) is 0 Å². The van der Waals surface area contributed by atoms with Crippen molar-refractivity contribution in [2.45, 2.75) is 4.90 Å². The van der Waals surface area contributed by atoms with Gasteiger partial charge in [-0.3, -0.25) is 4.79 Å². The van der Waals surface area contributed by atoms with E-state index in [-0.39, 0.29) is 46.0 Å². The van der Waals surface area contributed by atoms with E-state index in [4.69, 9.17) is 0 Å². The van der Waals surface area contributed by atoms with Gasteiger partial charge in [0.15, 0.2) is 0 Å². The molecule has 0 heterocycles. The fourth-order valence-corrected chi connectivity index (χ4v) is 2.04. The third kappa shape index (κ3) is 4.43. The number of benzene rings is 2. The van der Waals surface area contributed by atoms with Gasteiger partial charge in [-0.05, 0) is 30.3 Å². The first-order valence-corrected chi connectivity index (χ1v) is 6.80. The molecular weight excluding hydrogens is 289 g/mol. The quantitative estimate of drug-likeness (QED) is 0.572. The van der Waals surface area contributed by atoms with Crippen molar-refractivity contribution in [1.82, 2.24) is 0 Å². The third-order valence-corrected chi connectivity index (χ3v) is 3.25. The number of carbonyl (C=O) groups is 1. The molecule has 0 aromatic heterocycles. The molecule has 0 unspecified atom stereocenters. The summed E-state index contributed by atoms with van der Waals surface area (Å²) in [6, 6.07) is 13.7. The van der Waals surface area contributed by atoms with Gasteiger partial charge in [-0.2, -0.15) is 0 Å². The van der Waals surface area contributed by atoms with Crippen LogP contribution in [0, 0.1) is 0 Å². The van der Waals surface area contributed by atoms with E-state index in [1.165, 1.54) is 18.2 Å². The predicted molar refractivity (Wildman–Crippen MR) is 68.8 cm³/mol. The van der Waals surface area contributed by atoms with Crippen molar-refractivity contribution in [2.24, 2.45) is 0 Å². The molecule has 0 spiro atoms. The summed E-state index contributed by atoms with van der Waals surface area (Å²) in [7, 11) is -4.53. The molecule has 0 radical (unpaired) electrons. The van der Waals surface area contributed by atoms with Crippen molar-refractivity contribution >= 4 is 21.7 Å². The number of rotatable bonds is 3. The Morgan fingerprint density at radius 2 is 1.65 bits per heavy atom. The van der Waals surface area contributed by atoms with Crippen molar-refractivity contribution in [3.05, 3.63) is 60.2 Å². The van der Waals surface area contributed by atoms with Crippen LogP contribution in [0.2, 0.25) is 0 Å².